The van der Waals surface area contributed by atoms with Crippen molar-refractivity contribution in [1.29, 1.82) is 0 Å². The van der Waals surface area contributed by atoms with Crippen LogP contribution in [0, 0.1) is 20.2 Å². The normalized spacial score (nSPS) is 8.21. The van der Waals surface area contributed by atoms with E-state index in [1.54, 1.807) is 18.7 Å². The summed E-state index contributed by atoms with van der Waals surface area (Å²) in [6, 6.07) is 3.87. The van der Waals surface area contributed by atoms with Crippen LogP contribution >= 0.6 is 0 Å². The van der Waals surface area contributed by atoms with Gasteiger partial charge < -0.3 is 15.4 Å². The van der Waals surface area contributed by atoms with Gasteiger partial charge in [0.1, 0.15) is 0 Å². The Balaban J connectivity index is 0.000000342. The van der Waals surface area contributed by atoms with Crippen LogP contribution < -0.4 is 0 Å². The summed E-state index contributed by atoms with van der Waals surface area (Å²) in [5, 5.41) is 27.3. The fraction of sp³-hybridized carbons (Fsp3) is 0. The maximum absolute atomic E-state index is 8.36. The zero-order valence-corrected chi connectivity index (χ0v) is 9.28. The average Bonchev–Trinajstić information content (AvgIpc) is 2.82. The molecule has 0 aliphatic heterocycles. The summed E-state index contributed by atoms with van der Waals surface area (Å²) in [6.07, 6.45) is 7.03. The van der Waals surface area contributed by atoms with Crippen LogP contribution in [-0.4, -0.2) is 35.5 Å². The molecule has 0 bridgehead atoms. The monoisotopic (exact) mass is 271 g/mol. The Bertz CT molecular complexity index is 468. The Hall–Kier alpha value is -3.24. The van der Waals surface area contributed by atoms with E-state index in [0.717, 1.165) is 11.3 Å². The van der Waals surface area contributed by atoms with Crippen molar-refractivity contribution < 1.29 is 20.6 Å². The molecule has 2 aromatic rings. The van der Waals surface area contributed by atoms with E-state index in [9.17, 15) is 0 Å². The number of aromatic nitrogens is 3. The lowest BCUT2D eigenvalue weighted by Crippen LogP contribution is -1.81. The number of H-pyrrole nitrogens is 1. The minimum Gasteiger partial charge on any atom is -0.351 e. The van der Waals surface area contributed by atoms with Gasteiger partial charge in [0.15, 0.2) is 0 Å². The number of aromatic amines is 1. The predicted octanol–water partition coefficient (Wildman–Crippen LogP) is 0.776. The fourth-order valence-corrected chi connectivity index (χ4v) is 0.932. The Morgan fingerprint density at radius 3 is 2.16 bits per heavy atom. The Morgan fingerprint density at radius 2 is 1.79 bits per heavy atom. The van der Waals surface area contributed by atoms with E-state index in [1.165, 1.54) is 0 Å². The summed E-state index contributed by atoms with van der Waals surface area (Å²) in [7, 11) is 0. The highest BCUT2D eigenvalue weighted by molar-refractivity contribution is 5.55. The van der Waals surface area contributed by atoms with Gasteiger partial charge in [-0.1, -0.05) is 0 Å². The molecule has 0 aliphatic carbocycles. The van der Waals surface area contributed by atoms with Gasteiger partial charge in [0, 0.05) is 24.2 Å². The van der Waals surface area contributed by atoms with Gasteiger partial charge in [0.2, 0.25) is 0 Å². The highest BCUT2D eigenvalue weighted by atomic mass is 16.9. The summed E-state index contributed by atoms with van der Waals surface area (Å²) < 4.78 is 0. The minimum atomic E-state index is -1.50. The van der Waals surface area contributed by atoms with Crippen LogP contribution in [-0.2, 0) is 0 Å². The van der Waals surface area contributed by atoms with Crippen molar-refractivity contribution in [3.63, 3.8) is 0 Å². The first-order chi connectivity index (χ1) is 8.93. The third-order valence-electron chi connectivity index (χ3n) is 1.46. The second kappa shape index (κ2) is 8.86. The smallest absolute Gasteiger partial charge is 0.291 e. The van der Waals surface area contributed by atoms with Gasteiger partial charge in [-0.3, -0.25) is 4.98 Å². The highest BCUT2D eigenvalue weighted by Crippen LogP contribution is 2.12. The predicted molar refractivity (Wildman–Crippen MR) is 59.4 cm³/mol. The van der Waals surface area contributed by atoms with Crippen molar-refractivity contribution in [3.8, 4) is 11.3 Å². The number of nitrogens with zero attached hydrogens (tertiary/aromatic N) is 4. The van der Waals surface area contributed by atoms with Crippen molar-refractivity contribution >= 4 is 0 Å². The lowest BCUT2D eigenvalue weighted by Gasteiger charge is -1.91. The van der Waals surface area contributed by atoms with Crippen LogP contribution in [0.15, 0.2) is 37.1 Å². The quantitative estimate of drug-likeness (QED) is 0.504. The number of imidazole rings is 1. The van der Waals surface area contributed by atoms with Gasteiger partial charge >= 0.3 is 0 Å². The van der Waals surface area contributed by atoms with E-state index in [4.69, 9.17) is 30.6 Å². The molecular weight excluding hydrogens is 262 g/mol. The first-order valence-corrected chi connectivity index (χ1v) is 4.49. The van der Waals surface area contributed by atoms with E-state index in [0.29, 0.717) is 0 Å². The lowest BCUT2D eigenvalue weighted by atomic mass is 10.2. The molecule has 0 saturated carbocycles. The van der Waals surface area contributed by atoms with Crippen LogP contribution in [0.25, 0.3) is 11.3 Å². The van der Waals surface area contributed by atoms with Crippen molar-refractivity contribution in [2.24, 2.45) is 0 Å². The Morgan fingerprint density at radius 1 is 1.21 bits per heavy atom. The van der Waals surface area contributed by atoms with Gasteiger partial charge in [-0.15, -0.1) is 20.2 Å². The summed E-state index contributed by atoms with van der Waals surface area (Å²) in [4.78, 5) is 27.7. The van der Waals surface area contributed by atoms with Crippen LogP contribution in [0.1, 0.15) is 0 Å². The molecule has 0 fully saturated rings. The second-order valence-corrected chi connectivity index (χ2v) is 2.67. The maximum Gasteiger partial charge on any atom is 0.291 e. The number of rotatable bonds is 1. The standard InChI is InChI=1S/C8H7N3.2HNO3/c1-2-7(4-9-3-1)8-5-10-6-11-8;2*2-1(3)4/h1-6H,(H,10,11);2*(H,2,3,4). The molecule has 102 valence electrons. The summed E-state index contributed by atoms with van der Waals surface area (Å²) in [5.41, 5.74) is 1.96. The maximum atomic E-state index is 8.36. The van der Waals surface area contributed by atoms with Crippen LogP contribution in [0.3, 0.4) is 0 Å². The van der Waals surface area contributed by atoms with E-state index in [2.05, 4.69) is 15.0 Å². The molecular formula is C8H9N5O6. The van der Waals surface area contributed by atoms with Crippen molar-refractivity contribution in [2.75, 3.05) is 0 Å². The van der Waals surface area contributed by atoms with E-state index >= 15 is 0 Å². The number of pyridine rings is 1. The third-order valence-corrected chi connectivity index (χ3v) is 1.46. The first kappa shape index (κ1) is 15.8. The molecule has 2 heterocycles. The van der Waals surface area contributed by atoms with Crippen molar-refractivity contribution in [3.05, 3.63) is 57.3 Å². The van der Waals surface area contributed by atoms with Gasteiger partial charge in [-0.05, 0) is 12.1 Å². The van der Waals surface area contributed by atoms with E-state index in [1.807, 2.05) is 18.3 Å². The number of nitrogens with one attached hydrogen (secondary N) is 1. The summed E-state index contributed by atoms with van der Waals surface area (Å²) >= 11 is 0. The molecule has 11 nitrogen and oxygen atoms in total. The van der Waals surface area contributed by atoms with Gasteiger partial charge in [-0.2, -0.15) is 0 Å². The minimum absolute atomic E-state index is 0.929. The molecule has 0 radical (unpaired) electrons. The zero-order valence-electron chi connectivity index (χ0n) is 9.28. The largest absolute Gasteiger partial charge is 0.351 e. The van der Waals surface area contributed by atoms with E-state index < -0.39 is 10.2 Å². The lowest BCUT2D eigenvalue weighted by molar-refractivity contribution is -0.742. The van der Waals surface area contributed by atoms with Crippen molar-refractivity contribution in [2.45, 2.75) is 0 Å². The summed E-state index contributed by atoms with van der Waals surface area (Å²) in [6.45, 7) is 0. The Kier molecular flexibility index (Phi) is 7.35. The van der Waals surface area contributed by atoms with E-state index in [-0.39, 0.29) is 0 Å². The second-order valence-electron chi connectivity index (χ2n) is 2.67. The molecule has 0 unspecified atom stereocenters. The first-order valence-electron chi connectivity index (χ1n) is 4.49. The van der Waals surface area contributed by atoms with Gasteiger partial charge in [0.25, 0.3) is 10.2 Å². The highest BCUT2D eigenvalue weighted by Gasteiger charge is 1.95. The van der Waals surface area contributed by atoms with Crippen LogP contribution in [0.4, 0.5) is 0 Å². The molecule has 0 aliphatic rings. The molecule has 0 aromatic carbocycles. The molecule has 19 heavy (non-hydrogen) atoms. The molecule has 0 amide bonds. The van der Waals surface area contributed by atoms with Gasteiger partial charge in [-0.25, -0.2) is 4.98 Å². The Labute approximate surface area is 105 Å². The molecule has 0 spiro atoms. The SMILES string of the molecule is O=[N+]([O-])O.O=[N+]([O-])O.c1cncc(-c2c[nH]cn2)c1. The van der Waals surface area contributed by atoms with Crippen LogP contribution in [0.2, 0.25) is 0 Å². The fourth-order valence-electron chi connectivity index (χ4n) is 0.932. The molecule has 11 heteroatoms. The molecule has 0 saturated heterocycles. The molecule has 2 rings (SSSR count). The zero-order chi connectivity index (χ0) is 14.7. The number of hydrogen-bond acceptors (Lipinski definition) is 6. The third kappa shape index (κ3) is 9.68. The summed E-state index contributed by atoms with van der Waals surface area (Å²) in [5.74, 6) is 0. The number of hydrogen-bond donors (Lipinski definition) is 3. The molecule has 3 N–H and O–H groups in total. The topological polar surface area (TPSA) is 168 Å². The average molecular weight is 271 g/mol. The van der Waals surface area contributed by atoms with Crippen molar-refractivity contribution in [1.82, 2.24) is 15.0 Å². The van der Waals surface area contributed by atoms with Crippen LogP contribution in [0.5, 0.6) is 0 Å². The molecule has 2 aromatic heterocycles. The molecule has 0 atom stereocenters. The van der Waals surface area contributed by atoms with Gasteiger partial charge in [0.05, 0.1) is 12.0 Å².